The molecule has 0 saturated carbocycles. The molecule has 0 radical (unpaired) electrons. The number of anilines is 3. The fourth-order valence-corrected chi connectivity index (χ4v) is 7.37. The van der Waals surface area contributed by atoms with Gasteiger partial charge in [0, 0.05) is 55.6 Å². The Morgan fingerprint density at radius 2 is 0.898 bits per heavy atom. The second kappa shape index (κ2) is 11.0. The van der Waals surface area contributed by atoms with Crippen molar-refractivity contribution in [3.8, 4) is 22.3 Å². The summed E-state index contributed by atoms with van der Waals surface area (Å²) in [6, 6.07) is 61.8. The van der Waals surface area contributed by atoms with Gasteiger partial charge in [-0.25, -0.2) is 0 Å². The number of hydrogen-bond donors (Lipinski definition) is 0. The third kappa shape index (κ3) is 4.44. The SMILES string of the molecule is c1ccc(-c2cc3c4cccc(-c5ccc(N(c6ccccc6)c6ccc7c(c6)oc6ccccc67)cc5)c4oc3c3ccccc23)cc1. The normalized spacial score (nSPS) is 11.7. The highest BCUT2D eigenvalue weighted by Crippen LogP contribution is 2.43. The smallest absolute Gasteiger partial charge is 0.143 e. The summed E-state index contributed by atoms with van der Waals surface area (Å²) in [7, 11) is 0. The molecule has 10 aromatic rings. The molecule has 0 N–H and O–H groups in total. The summed E-state index contributed by atoms with van der Waals surface area (Å²) < 4.78 is 13.1. The van der Waals surface area contributed by atoms with Gasteiger partial charge in [0.1, 0.15) is 22.3 Å². The molecule has 10 rings (SSSR count). The predicted molar refractivity (Wildman–Crippen MR) is 204 cm³/mol. The molecule has 0 bridgehead atoms. The second-order valence-corrected chi connectivity index (χ2v) is 12.5. The van der Waals surface area contributed by atoms with Gasteiger partial charge in [0.2, 0.25) is 0 Å². The number of benzene rings is 8. The van der Waals surface area contributed by atoms with Gasteiger partial charge in [-0.05, 0) is 70.6 Å². The topological polar surface area (TPSA) is 29.5 Å². The summed E-state index contributed by atoms with van der Waals surface area (Å²) in [4.78, 5) is 2.27. The molecule has 0 aliphatic rings. The zero-order chi connectivity index (χ0) is 32.3. The molecule has 8 aromatic carbocycles. The van der Waals surface area contributed by atoms with E-state index >= 15 is 0 Å². The Balaban J connectivity index is 1.10. The average Bonchev–Trinajstić information content (AvgIpc) is 3.74. The van der Waals surface area contributed by atoms with E-state index in [4.69, 9.17) is 8.83 Å². The van der Waals surface area contributed by atoms with Crippen LogP contribution in [-0.2, 0) is 0 Å². The molecule has 2 heterocycles. The van der Waals surface area contributed by atoms with Crippen LogP contribution in [0.3, 0.4) is 0 Å². The van der Waals surface area contributed by atoms with E-state index in [9.17, 15) is 0 Å². The van der Waals surface area contributed by atoms with E-state index in [0.29, 0.717) is 0 Å². The van der Waals surface area contributed by atoms with E-state index in [1.165, 1.54) is 16.5 Å². The summed E-state index contributed by atoms with van der Waals surface area (Å²) in [5.74, 6) is 0. The van der Waals surface area contributed by atoms with Gasteiger partial charge < -0.3 is 13.7 Å². The Bertz CT molecular complexity index is 2810. The number of hydrogen-bond acceptors (Lipinski definition) is 3. The molecular weight excluding hydrogens is 599 g/mol. The van der Waals surface area contributed by atoms with E-state index < -0.39 is 0 Å². The van der Waals surface area contributed by atoms with Crippen LogP contribution < -0.4 is 4.90 Å². The van der Waals surface area contributed by atoms with E-state index in [1.807, 2.05) is 18.2 Å². The first-order valence-electron chi connectivity index (χ1n) is 16.6. The van der Waals surface area contributed by atoms with Crippen LogP contribution in [0.25, 0.3) is 76.9 Å². The van der Waals surface area contributed by atoms with Crippen molar-refractivity contribution in [2.75, 3.05) is 4.90 Å². The van der Waals surface area contributed by atoms with Crippen molar-refractivity contribution in [1.29, 1.82) is 0 Å². The molecule has 2 aromatic heterocycles. The van der Waals surface area contributed by atoms with Gasteiger partial charge in [-0.2, -0.15) is 0 Å². The minimum Gasteiger partial charge on any atom is -0.456 e. The molecule has 230 valence electrons. The molecule has 0 saturated heterocycles. The van der Waals surface area contributed by atoms with Crippen LogP contribution in [0.2, 0.25) is 0 Å². The van der Waals surface area contributed by atoms with Crippen LogP contribution in [-0.4, -0.2) is 0 Å². The minimum atomic E-state index is 0.871. The van der Waals surface area contributed by atoms with Crippen molar-refractivity contribution in [3.63, 3.8) is 0 Å². The zero-order valence-corrected chi connectivity index (χ0v) is 26.5. The third-order valence-corrected chi connectivity index (χ3v) is 9.66. The summed E-state index contributed by atoms with van der Waals surface area (Å²) in [6.07, 6.45) is 0. The van der Waals surface area contributed by atoms with Crippen LogP contribution in [0.1, 0.15) is 0 Å². The number of nitrogens with zero attached hydrogens (tertiary/aromatic N) is 1. The first kappa shape index (κ1) is 27.5. The summed E-state index contributed by atoms with van der Waals surface area (Å²) in [5, 5.41) is 6.80. The Labute approximate surface area is 282 Å². The van der Waals surface area contributed by atoms with Crippen molar-refractivity contribution in [1.82, 2.24) is 0 Å². The molecule has 49 heavy (non-hydrogen) atoms. The maximum Gasteiger partial charge on any atom is 0.143 e. The van der Waals surface area contributed by atoms with Gasteiger partial charge in [-0.1, -0.05) is 121 Å². The van der Waals surface area contributed by atoms with Crippen LogP contribution in [0.15, 0.2) is 185 Å². The lowest BCUT2D eigenvalue weighted by molar-refractivity contribution is 0.669. The molecule has 0 fully saturated rings. The van der Waals surface area contributed by atoms with Crippen LogP contribution in [0.5, 0.6) is 0 Å². The van der Waals surface area contributed by atoms with Gasteiger partial charge >= 0.3 is 0 Å². The molecule has 3 nitrogen and oxygen atoms in total. The maximum atomic E-state index is 6.80. The van der Waals surface area contributed by atoms with E-state index in [-0.39, 0.29) is 0 Å². The van der Waals surface area contributed by atoms with Crippen LogP contribution in [0, 0.1) is 0 Å². The van der Waals surface area contributed by atoms with Crippen molar-refractivity contribution >= 4 is 71.7 Å². The Morgan fingerprint density at radius 3 is 1.71 bits per heavy atom. The van der Waals surface area contributed by atoms with Gasteiger partial charge in [-0.3, -0.25) is 0 Å². The summed E-state index contributed by atoms with van der Waals surface area (Å²) in [6.45, 7) is 0. The lowest BCUT2D eigenvalue weighted by atomic mass is 9.95. The van der Waals surface area contributed by atoms with Gasteiger partial charge in [0.25, 0.3) is 0 Å². The molecule has 0 atom stereocenters. The minimum absolute atomic E-state index is 0.871. The zero-order valence-electron chi connectivity index (χ0n) is 26.5. The average molecular weight is 628 g/mol. The number of para-hydroxylation sites is 3. The molecular formula is C46H29NO2. The second-order valence-electron chi connectivity index (χ2n) is 12.5. The van der Waals surface area contributed by atoms with Crippen LogP contribution >= 0.6 is 0 Å². The number of rotatable bonds is 5. The molecule has 0 spiro atoms. The highest BCUT2D eigenvalue weighted by atomic mass is 16.3. The fourth-order valence-electron chi connectivity index (χ4n) is 7.37. The van der Waals surface area contributed by atoms with Crippen molar-refractivity contribution in [2.45, 2.75) is 0 Å². The number of furan rings is 2. The monoisotopic (exact) mass is 627 g/mol. The summed E-state index contributed by atoms with van der Waals surface area (Å²) >= 11 is 0. The molecule has 0 unspecified atom stereocenters. The van der Waals surface area contributed by atoms with Crippen molar-refractivity contribution in [2.24, 2.45) is 0 Å². The largest absolute Gasteiger partial charge is 0.456 e. The molecule has 0 aliphatic carbocycles. The highest BCUT2D eigenvalue weighted by molar-refractivity contribution is 6.20. The first-order chi connectivity index (χ1) is 24.3. The van der Waals surface area contributed by atoms with E-state index in [2.05, 4.69) is 163 Å². The first-order valence-corrected chi connectivity index (χ1v) is 16.6. The van der Waals surface area contributed by atoms with Crippen molar-refractivity contribution in [3.05, 3.63) is 176 Å². The third-order valence-electron chi connectivity index (χ3n) is 9.66. The number of fused-ring (bicyclic) bond motifs is 8. The van der Waals surface area contributed by atoms with E-state index in [0.717, 1.165) is 77.5 Å². The Kier molecular flexibility index (Phi) is 6.18. The molecule has 3 heteroatoms. The summed E-state index contributed by atoms with van der Waals surface area (Å²) in [5.41, 5.74) is 11.3. The van der Waals surface area contributed by atoms with Gasteiger partial charge in [0.05, 0.1) is 0 Å². The van der Waals surface area contributed by atoms with Gasteiger partial charge in [0.15, 0.2) is 0 Å². The quantitative estimate of drug-likeness (QED) is 0.190. The Morgan fingerprint density at radius 1 is 0.306 bits per heavy atom. The maximum absolute atomic E-state index is 6.80. The standard InChI is InChI=1S/C46H29NO2/c1-3-12-30(13-4-1)41-29-42-40-20-11-19-35(45(40)49-46(42)39-18-8-7-16-36(39)41)31-22-24-33(25-23-31)47(32-14-5-2-6-15-32)34-26-27-38-37-17-9-10-21-43(37)48-44(38)28-34/h1-29H. The van der Waals surface area contributed by atoms with Gasteiger partial charge in [-0.15, -0.1) is 0 Å². The van der Waals surface area contributed by atoms with E-state index in [1.54, 1.807) is 0 Å². The molecule has 0 amide bonds. The Hall–Kier alpha value is -6.58. The van der Waals surface area contributed by atoms with Crippen molar-refractivity contribution < 1.29 is 8.83 Å². The lowest BCUT2D eigenvalue weighted by Crippen LogP contribution is -2.09. The predicted octanol–water partition coefficient (Wildman–Crippen LogP) is 13.4. The van der Waals surface area contributed by atoms with Crippen LogP contribution in [0.4, 0.5) is 17.1 Å². The lowest BCUT2D eigenvalue weighted by Gasteiger charge is -2.25. The molecule has 0 aliphatic heterocycles. The fraction of sp³-hybridized carbons (Fsp3) is 0. The highest BCUT2D eigenvalue weighted by Gasteiger charge is 2.19.